The Morgan fingerprint density at radius 3 is 2.48 bits per heavy atom. The van der Waals surface area contributed by atoms with Crippen LogP contribution in [0, 0.1) is 5.41 Å². The molecule has 1 aliphatic heterocycles. The minimum absolute atomic E-state index is 0.0357. The standard InChI is InChI=1S/C15H21N3O3/c1-15(9-21-8-12(15)16)14(20)18(2)7-10-3-5-11(6-4-10)13(17)19/h3-6,12H,7-9,16H2,1-2H3,(H2,17,19). The average Bonchev–Trinajstić information content (AvgIpc) is 2.79. The summed E-state index contributed by atoms with van der Waals surface area (Å²) in [7, 11) is 1.74. The number of rotatable bonds is 4. The van der Waals surface area contributed by atoms with Gasteiger partial charge in [-0.1, -0.05) is 12.1 Å². The first kappa shape index (κ1) is 15.5. The van der Waals surface area contributed by atoms with E-state index in [2.05, 4.69) is 0 Å². The minimum Gasteiger partial charge on any atom is -0.379 e. The fourth-order valence-electron chi connectivity index (χ4n) is 2.47. The maximum atomic E-state index is 12.5. The first-order valence-electron chi connectivity index (χ1n) is 6.82. The van der Waals surface area contributed by atoms with Gasteiger partial charge in [0.05, 0.1) is 18.6 Å². The highest BCUT2D eigenvalue weighted by molar-refractivity contribution is 5.92. The summed E-state index contributed by atoms with van der Waals surface area (Å²) >= 11 is 0. The minimum atomic E-state index is -0.679. The lowest BCUT2D eigenvalue weighted by atomic mass is 9.84. The third kappa shape index (κ3) is 3.06. The third-order valence-electron chi connectivity index (χ3n) is 4.01. The van der Waals surface area contributed by atoms with E-state index in [4.69, 9.17) is 16.2 Å². The summed E-state index contributed by atoms with van der Waals surface area (Å²) in [6, 6.07) is 6.60. The van der Waals surface area contributed by atoms with Crippen molar-refractivity contribution in [3.63, 3.8) is 0 Å². The SMILES string of the molecule is CN(Cc1ccc(C(N)=O)cc1)C(=O)C1(C)COCC1N. The number of hydrogen-bond donors (Lipinski definition) is 2. The van der Waals surface area contributed by atoms with Gasteiger partial charge >= 0.3 is 0 Å². The largest absolute Gasteiger partial charge is 0.379 e. The van der Waals surface area contributed by atoms with Gasteiger partial charge in [0.15, 0.2) is 0 Å². The third-order valence-corrected chi connectivity index (χ3v) is 4.01. The van der Waals surface area contributed by atoms with Crippen LogP contribution in [-0.4, -0.2) is 43.0 Å². The molecule has 0 bridgehead atoms. The van der Waals surface area contributed by atoms with E-state index in [1.165, 1.54) is 0 Å². The van der Waals surface area contributed by atoms with Gasteiger partial charge in [-0.05, 0) is 24.6 Å². The second kappa shape index (κ2) is 5.83. The molecule has 2 unspecified atom stereocenters. The molecule has 1 aliphatic rings. The highest BCUT2D eigenvalue weighted by atomic mass is 16.5. The molecule has 0 saturated carbocycles. The Labute approximate surface area is 124 Å². The second-order valence-electron chi connectivity index (χ2n) is 5.76. The Hall–Kier alpha value is -1.92. The van der Waals surface area contributed by atoms with E-state index in [1.807, 2.05) is 6.92 Å². The monoisotopic (exact) mass is 291 g/mol. The van der Waals surface area contributed by atoms with Crippen molar-refractivity contribution in [2.75, 3.05) is 20.3 Å². The normalized spacial score (nSPS) is 24.8. The van der Waals surface area contributed by atoms with Crippen molar-refractivity contribution in [1.82, 2.24) is 4.90 Å². The number of amides is 2. The molecule has 0 aromatic heterocycles. The molecule has 1 saturated heterocycles. The van der Waals surface area contributed by atoms with Crippen LogP contribution in [0.3, 0.4) is 0 Å². The summed E-state index contributed by atoms with van der Waals surface area (Å²) in [5, 5.41) is 0. The molecule has 4 N–H and O–H groups in total. The van der Waals surface area contributed by atoms with Crippen molar-refractivity contribution in [2.24, 2.45) is 16.9 Å². The van der Waals surface area contributed by atoms with Crippen LogP contribution < -0.4 is 11.5 Å². The van der Waals surface area contributed by atoms with Crippen LogP contribution in [-0.2, 0) is 16.1 Å². The van der Waals surface area contributed by atoms with Crippen LogP contribution in [0.1, 0.15) is 22.8 Å². The lowest BCUT2D eigenvalue weighted by Crippen LogP contribution is -2.50. The number of carbonyl (C=O) groups excluding carboxylic acids is 2. The molecule has 1 aromatic carbocycles. The number of benzene rings is 1. The predicted octanol–water partition coefficient (Wildman–Crippen LogP) is 0.108. The molecule has 0 radical (unpaired) electrons. The van der Waals surface area contributed by atoms with Gasteiger partial charge in [0, 0.05) is 25.2 Å². The zero-order chi connectivity index (χ0) is 15.6. The smallest absolute Gasteiger partial charge is 0.248 e. The van der Waals surface area contributed by atoms with E-state index in [0.717, 1.165) is 5.56 Å². The Kier molecular flexibility index (Phi) is 4.29. The number of nitrogens with zero attached hydrogens (tertiary/aromatic N) is 1. The van der Waals surface area contributed by atoms with Gasteiger partial charge in [0.2, 0.25) is 11.8 Å². The van der Waals surface area contributed by atoms with Crippen molar-refractivity contribution < 1.29 is 14.3 Å². The van der Waals surface area contributed by atoms with Crippen LogP contribution in [0.25, 0.3) is 0 Å². The highest BCUT2D eigenvalue weighted by Crippen LogP contribution is 2.29. The topological polar surface area (TPSA) is 98.6 Å². The van der Waals surface area contributed by atoms with Crippen LogP contribution in [0.5, 0.6) is 0 Å². The summed E-state index contributed by atoms with van der Waals surface area (Å²) < 4.78 is 5.31. The van der Waals surface area contributed by atoms with Crippen LogP contribution >= 0.6 is 0 Å². The quantitative estimate of drug-likeness (QED) is 0.822. The number of primary amides is 1. The molecule has 1 aromatic rings. The van der Waals surface area contributed by atoms with Crippen LogP contribution in [0.4, 0.5) is 0 Å². The lowest BCUT2D eigenvalue weighted by molar-refractivity contribution is -0.140. The van der Waals surface area contributed by atoms with Crippen molar-refractivity contribution in [2.45, 2.75) is 19.5 Å². The summed E-state index contributed by atoms with van der Waals surface area (Å²) in [6.07, 6.45) is 0. The average molecular weight is 291 g/mol. The Bertz CT molecular complexity index is 544. The second-order valence-corrected chi connectivity index (χ2v) is 5.76. The van der Waals surface area contributed by atoms with Crippen LogP contribution in [0.15, 0.2) is 24.3 Å². The first-order chi connectivity index (χ1) is 9.84. The van der Waals surface area contributed by atoms with Gasteiger partial charge in [-0.2, -0.15) is 0 Å². The molecular formula is C15H21N3O3. The molecule has 0 aliphatic carbocycles. The summed E-state index contributed by atoms with van der Waals surface area (Å²) in [6.45, 7) is 3.03. The zero-order valence-electron chi connectivity index (χ0n) is 12.3. The number of hydrogen-bond acceptors (Lipinski definition) is 4. The molecule has 114 valence electrons. The van der Waals surface area contributed by atoms with E-state index >= 15 is 0 Å². The van der Waals surface area contributed by atoms with Crippen molar-refractivity contribution in [3.8, 4) is 0 Å². The first-order valence-corrected chi connectivity index (χ1v) is 6.82. The molecule has 2 atom stereocenters. The van der Waals surface area contributed by atoms with E-state index in [-0.39, 0.29) is 11.9 Å². The molecule has 6 heteroatoms. The maximum absolute atomic E-state index is 12.5. The Morgan fingerprint density at radius 2 is 2.00 bits per heavy atom. The summed E-state index contributed by atoms with van der Waals surface area (Å²) in [5.41, 5.74) is 11.9. The van der Waals surface area contributed by atoms with Crippen molar-refractivity contribution in [3.05, 3.63) is 35.4 Å². The van der Waals surface area contributed by atoms with Gasteiger partial charge in [0.25, 0.3) is 0 Å². The maximum Gasteiger partial charge on any atom is 0.248 e. The van der Waals surface area contributed by atoms with Gasteiger partial charge in [0.1, 0.15) is 0 Å². The number of carbonyl (C=O) groups is 2. The van der Waals surface area contributed by atoms with E-state index in [9.17, 15) is 9.59 Å². The molecule has 1 heterocycles. The lowest BCUT2D eigenvalue weighted by Gasteiger charge is -2.30. The molecule has 0 spiro atoms. The molecule has 6 nitrogen and oxygen atoms in total. The zero-order valence-corrected chi connectivity index (χ0v) is 12.3. The predicted molar refractivity (Wildman–Crippen MR) is 78.3 cm³/mol. The van der Waals surface area contributed by atoms with Gasteiger partial charge < -0.3 is 21.1 Å². The van der Waals surface area contributed by atoms with Crippen LogP contribution in [0.2, 0.25) is 0 Å². The van der Waals surface area contributed by atoms with E-state index in [0.29, 0.717) is 25.3 Å². The van der Waals surface area contributed by atoms with Gasteiger partial charge in [-0.15, -0.1) is 0 Å². The highest BCUT2D eigenvalue weighted by Gasteiger charge is 2.45. The van der Waals surface area contributed by atoms with E-state index in [1.54, 1.807) is 36.2 Å². The molecule has 21 heavy (non-hydrogen) atoms. The summed E-state index contributed by atoms with van der Waals surface area (Å²) in [5.74, 6) is -0.501. The molecule has 2 rings (SSSR count). The van der Waals surface area contributed by atoms with Gasteiger partial charge in [-0.3, -0.25) is 9.59 Å². The fourth-order valence-corrected chi connectivity index (χ4v) is 2.47. The molecule has 1 fully saturated rings. The number of nitrogens with two attached hydrogens (primary N) is 2. The fraction of sp³-hybridized carbons (Fsp3) is 0.467. The Morgan fingerprint density at radius 1 is 1.38 bits per heavy atom. The Balaban J connectivity index is 2.05. The van der Waals surface area contributed by atoms with Gasteiger partial charge in [-0.25, -0.2) is 0 Å². The molecular weight excluding hydrogens is 270 g/mol. The van der Waals surface area contributed by atoms with Crippen molar-refractivity contribution in [1.29, 1.82) is 0 Å². The van der Waals surface area contributed by atoms with E-state index < -0.39 is 11.3 Å². The molecule has 2 amide bonds. The summed E-state index contributed by atoms with van der Waals surface area (Å²) in [4.78, 5) is 25.2. The number of ether oxygens (including phenoxy) is 1. The van der Waals surface area contributed by atoms with Crippen molar-refractivity contribution >= 4 is 11.8 Å².